The van der Waals surface area contributed by atoms with Crippen molar-refractivity contribution in [1.82, 2.24) is 5.32 Å². The molecule has 0 spiro atoms. The highest BCUT2D eigenvalue weighted by Gasteiger charge is 2.08. The number of aryl methyl sites for hydroxylation is 2. The number of carbonyl (C=O) groups is 1. The van der Waals surface area contributed by atoms with Gasteiger partial charge in [-0.25, -0.2) is 4.39 Å². The Bertz CT molecular complexity index is 605. The first-order chi connectivity index (χ1) is 9.56. The van der Waals surface area contributed by atoms with Crippen LogP contribution in [0.15, 0.2) is 42.5 Å². The summed E-state index contributed by atoms with van der Waals surface area (Å²) in [5.41, 5.74) is 3.83. The van der Waals surface area contributed by atoms with Crippen LogP contribution in [0, 0.1) is 19.7 Å². The predicted octanol–water partition coefficient (Wildman–Crippen LogP) is 3.42. The molecule has 0 aliphatic rings. The lowest BCUT2D eigenvalue weighted by molar-refractivity contribution is 0.0953. The number of hydrogen-bond acceptors (Lipinski definition) is 1. The number of nitrogens with one attached hydrogen (secondary N) is 1. The summed E-state index contributed by atoms with van der Waals surface area (Å²) < 4.78 is 12.8. The first-order valence-electron chi connectivity index (χ1n) is 6.66. The lowest BCUT2D eigenvalue weighted by Crippen LogP contribution is -2.26. The summed E-state index contributed by atoms with van der Waals surface area (Å²) in [4.78, 5) is 12.1. The van der Waals surface area contributed by atoms with E-state index in [2.05, 4.69) is 5.32 Å². The van der Waals surface area contributed by atoms with Crippen molar-refractivity contribution < 1.29 is 9.18 Å². The molecule has 0 aliphatic carbocycles. The van der Waals surface area contributed by atoms with E-state index in [1.54, 1.807) is 12.1 Å². The van der Waals surface area contributed by atoms with Crippen LogP contribution in [0.25, 0.3) is 0 Å². The number of rotatable bonds is 4. The summed E-state index contributed by atoms with van der Waals surface area (Å²) in [5.74, 6) is -0.308. The first kappa shape index (κ1) is 14.3. The van der Waals surface area contributed by atoms with E-state index in [-0.39, 0.29) is 11.7 Å². The second kappa shape index (κ2) is 6.33. The standard InChI is InChI=1S/C17H18FNO/c1-12-3-8-16(13(2)11-12)17(20)19-10-9-14-4-6-15(18)7-5-14/h3-8,11H,9-10H2,1-2H3,(H,19,20). The summed E-state index contributed by atoms with van der Waals surface area (Å²) in [6, 6.07) is 12.1. The number of halogens is 1. The zero-order valence-corrected chi connectivity index (χ0v) is 11.7. The van der Waals surface area contributed by atoms with Gasteiger partial charge in [0.2, 0.25) is 0 Å². The van der Waals surface area contributed by atoms with Gasteiger partial charge in [0.15, 0.2) is 0 Å². The molecule has 0 unspecified atom stereocenters. The highest BCUT2D eigenvalue weighted by molar-refractivity contribution is 5.95. The smallest absolute Gasteiger partial charge is 0.251 e. The molecule has 0 aromatic heterocycles. The van der Waals surface area contributed by atoms with Crippen LogP contribution >= 0.6 is 0 Å². The maximum absolute atomic E-state index is 12.8. The van der Waals surface area contributed by atoms with Gasteiger partial charge in [-0.15, -0.1) is 0 Å². The molecule has 20 heavy (non-hydrogen) atoms. The fourth-order valence-electron chi connectivity index (χ4n) is 2.14. The van der Waals surface area contributed by atoms with Crippen molar-refractivity contribution in [3.05, 3.63) is 70.5 Å². The van der Waals surface area contributed by atoms with Crippen molar-refractivity contribution in [2.24, 2.45) is 0 Å². The summed E-state index contributed by atoms with van der Waals surface area (Å²) in [7, 11) is 0. The van der Waals surface area contributed by atoms with E-state index in [1.807, 2.05) is 32.0 Å². The van der Waals surface area contributed by atoms with Gasteiger partial charge in [0.1, 0.15) is 5.82 Å². The number of carbonyl (C=O) groups excluding carboxylic acids is 1. The van der Waals surface area contributed by atoms with Crippen LogP contribution in [0.2, 0.25) is 0 Å². The predicted molar refractivity (Wildman–Crippen MR) is 78.4 cm³/mol. The van der Waals surface area contributed by atoms with Crippen molar-refractivity contribution in [1.29, 1.82) is 0 Å². The summed E-state index contributed by atoms with van der Waals surface area (Å²) >= 11 is 0. The molecule has 0 atom stereocenters. The molecule has 2 aromatic rings. The average molecular weight is 271 g/mol. The highest BCUT2D eigenvalue weighted by atomic mass is 19.1. The molecule has 0 radical (unpaired) electrons. The fraction of sp³-hybridized carbons (Fsp3) is 0.235. The second-order valence-corrected chi connectivity index (χ2v) is 4.95. The van der Waals surface area contributed by atoms with Gasteiger partial charge in [-0.3, -0.25) is 4.79 Å². The zero-order valence-electron chi connectivity index (χ0n) is 11.7. The summed E-state index contributed by atoms with van der Waals surface area (Å²) in [6.07, 6.45) is 0.691. The topological polar surface area (TPSA) is 29.1 Å². The van der Waals surface area contributed by atoms with Crippen LogP contribution < -0.4 is 5.32 Å². The first-order valence-corrected chi connectivity index (χ1v) is 6.66. The van der Waals surface area contributed by atoms with Crippen LogP contribution in [0.4, 0.5) is 4.39 Å². The maximum Gasteiger partial charge on any atom is 0.251 e. The molecule has 2 aromatic carbocycles. The van der Waals surface area contributed by atoms with Crippen LogP contribution in [0.5, 0.6) is 0 Å². The van der Waals surface area contributed by atoms with Crippen molar-refractivity contribution in [3.8, 4) is 0 Å². The molecule has 0 fully saturated rings. The molecule has 2 rings (SSSR count). The van der Waals surface area contributed by atoms with E-state index in [0.717, 1.165) is 16.7 Å². The molecule has 2 nitrogen and oxygen atoms in total. The van der Waals surface area contributed by atoms with Crippen LogP contribution in [0.1, 0.15) is 27.0 Å². The Morgan fingerprint density at radius 2 is 1.80 bits per heavy atom. The van der Waals surface area contributed by atoms with Crippen molar-refractivity contribution in [3.63, 3.8) is 0 Å². The van der Waals surface area contributed by atoms with E-state index in [9.17, 15) is 9.18 Å². The molecule has 1 N–H and O–H groups in total. The van der Waals surface area contributed by atoms with Gasteiger partial charge in [0.25, 0.3) is 5.91 Å². The molecule has 0 aliphatic heterocycles. The third-order valence-corrected chi connectivity index (χ3v) is 3.24. The molecular weight excluding hydrogens is 253 g/mol. The Kier molecular flexibility index (Phi) is 4.51. The van der Waals surface area contributed by atoms with Crippen molar-refractivity contribution in [2.75, 3.05) is 6.54 Å². The van der Waals surface area contributed by atoms with Crippen LogP contribution in [-0.4, -0.2) is 12.5 Å². The Labute approximate surface area is 118 Å². The molecule has 0 bridgehead atoms. The van der Waals surface area contributed by atoms with Gasteiger partial charge in [0, 0.05) is 12.1 Å². The minimum absolute atomic E-state index is 0.0652. The quantitative estimate of drug-likeness (QED) is 0.907. The Morgan fingerprint density at radius 3 is 2.45 bits per heavy atom. The van der Waals surface area contributed by atoms with Crippen LogP contribution in [-0.2, 0) is 6.42 Å². The number of benzene rings is 2. The Morgan fingerprint density at radius 1 is 1.10 bits per heavy atom. The van der Waals surface area contributed by atoms with Gasteiger partial charge in [-0.1, -0.05) is 29.8 Å². The summed E-state index contributed by atoms with van der Waals surface area (Å²) in [6.45, 7) is 4.48. The number of hydrogen-bond donors (Lipinski definition) is 1. The van der Waals surface area contributed by atoms with Crippen LogP contribution in [0.3, 0.4) is 0 Å². The van der Waals surface area contributed by atoms with Gasteiger partial charge < -0.3 is 5.32 Å². The minimum Gasteiger partial charge on any atom is -0.352 e. The van der Waals surface area contributed by atoms with Gasteiger partial charge >= 0.3 is 0 Å². The third kappa shape index (κ3) is 3.67. The Balaban J connectivity index is 1.90. The lowest BCUT2D eigenvalue weighted by Gasteiger charge is -2.08. The fourth-order valence-corrected chi connectivity index (χ4v) is 2.14. The molecular formula is C17H18FNO. The molecule has 0 heterocycles. The lowest BCUT2D eigenvalue weighted by atomic mass is 10.1. The molecule has 104 valence electrons. The molecule has 0 saturated carbocycles. The van der Waals surface area contributed by atoms with E-state index in [4.69, 9.17) is 0 Å². The van der Waals surface area contributed by atoms with Crippen molar-refractivity contribution in [2.45, 2.75) is 20.3 Å². The second-order valence-electron chi connectivity index (χ2n) is 4.95. The Hall–Kier alpha value is -2.16. The normalized spacial score (nSPS) is 10.3. The summed E-state index contributed by atoms with van der Waals surface area (Å²) in [5, 5.41) is 2.89. The van der Waals surface area contributed by atoms with Crippen molar-refractivity contribution >= 4 is 5.91 Å². The van der Waals surface area contributed by atoms with E-state index in [0.29, 0.717) is 18.5 Å². The van der Waals surface area contributed by atoms with Gasteiger partial charge in [-0.05, 0) is 49.6 Å². The monoisotopic (exact) mass is 271 g/mol. The highest BCUT2D eigenvalue weighted by Crippen LogP contribution is 2.10. The molecule has 1 amide bonds. The van der Waals surface area contributed by atoms with Gasteiger partial charge in [0.05, 0.1) is 0 Å². The maximum atomic E-state index is 12.8. The van der Waals surface area contributed by atoms with Gasteiger partial charge in [-0.2, -0.15) is 0 Å². The largest absolute Gasteiger partial charge is 0.352 e. The molecule has 3 heteroatoms. The average Bonchev–Trinajstić information content (AvgIpc) is 2.41. The van der Waals surface area contributed by atoms with E-state index >= 15 is 0 Å². The number of amides is 1. The zero-order chi connectivity index (χ0) is 14.5. The minimum atomic E-state index is -0.243. The van der Waals surface area contributed by atoms with E-state index < -0.39 is 0 Å². The third-order valence-electron chi connectivity index (χ3n) is 3.24. The van der Waals surface area contributed by atoms with E-state index in [1.165, 1.54) is 12.1 Å². The SMILES string of the molecule is Cc1ccc(C(=O)NCCc2ccc(F)cc2)c(C)c1. The molecule has 0 saturated heterocycles.